The van der Waals surface area contributed by atoms with Crippen LogP contribution >= 0.6 is 0 Å². The van der Waals surface area contributed by atoms with Gasteiger partial charge < -0.3 is 18.7 Å². The van der Waals surface area contributed by atoms with E-state index in [4.69, 9.17) is 13.4 Å². The summed E-state index contributed by atoms with van der Waals surface area (Å²) < 4.78 is 30.5. The maximum absolute atomic E-state index is 13.1. The van der Waals surface area contributed by atoms with Crippen LogP contribution < -0.4 is 5.32 Å². The molecule has 0 saturated heterocycles. The van der Waals surface area contributed by atoms with Crippen molar-refractivity contribution < 1.29 is 22.6 Å². The van der Waals surface area contributed by atoms with Crippen LogP contribution in [0.5, 0.6) is 0 Å². The second-order valence-corrected chi connectivity index (χ2v) is 15.2. The Labute approximate surface area is 199 Å². The van der Waals surface area contributed by atoms with Crippen molar-refractivity contribution in [1.29, 1.82) is 0 Å². The number of carbonyl (C=O) groups is 1. The minimum atomic E-state index is -1.95. The van der Waals surface area contributed by atoms with Gasteiger partial charge in [-0.05, 0) is 62.2 Å². The lowest BCUT2D eigenvalue weighted by atomic mass is 9.80. The van der Waals surface area contributed by atoms with E-state index in [0.717, 1.165) is 0 Å². The first-order chi connectivity index (χ1) is 15.9. The molecule has 1 aromatic carbocycles. The summed E-state index contributed by atoms with van der Waals surface area (Å²) >= 11 is 0. The van der Waals surface area contributed by atoms with E-state index in [-0.39, 0.29) is 40.6 Å². The van der Waals surface area contributed by atoms with Crippen molar-refractivity contribution in [3.8, 4) is 11.3 Å². The van der Waals surface area contributed by atoms with Crippen molar-refractivity contribution in [3.63, 3.8) is 0 Å². The first kappa shape index (κ1) is 24.3. The van der Waals surface area contributed by atoms with Crippen LogP contribution in [0.4, 0.5) is 4.39 Å². The molecule has 34 heavy (non-hydrogen) atoms. The minimum absolute atomic E-state index is 0.0203. The summed E-state index contributed by atoms with van der Waals surface area (Å²) in [5.41, 5.74) is 1.15. The van der Waals surface area contributed by atoms with Gasteiger partial charge in [0.25, 0.3) is 5.91 Å². The predicted molar refractivity (Wildman–Crippen MR) is 126 cm³/mol. The van der Waals surface area contributed by atoms with E-state index >= 15 is 0 Å². The SMILES string of the molecule is C[C@@H](O[Si](C)(C)C(C)(C)C)c1nnc([C@H]2C[C@H](NC(=O)c3cc(-c4ccc(F)cc4)no3)C2)o1. The monoisotopic (exact) mass is 486 g/mol. The first-order valence-corrected chi connectivity index (χ1v) is 14.4. The van der Waals surface area contributed by atoms with Crippen molar-refractivity contribution >= 4 is 14.2 Å². The van der Waals surface area contributed by atoms with Gasteiger partial charge in [0, 0.05) is 23.6 Å². The Morgan fingerprint density at radius 3 is 2.53 bits per heavy atom. The fourth-order valence-corrected chi connectivity index (χ4v) is 4.92. The smallest absolute Gasteiger partial charge is 0.290 e. The number of halogens is 1. The molecule has 1 atom stereocenters. The molecule has 1 saturated carbocycles. The van der Waals surface area contributed by atoms with Crippen LogP contribution in [0.1, 0.15) is 74.9 Å². The van der Waals surface area contributed by atoms with Crippen LogP contribution in [-0.2, 0) is 4.43 Å². The number of nitrogens with one attached hydrogen (secondary N) is 1. The third kappa shape index (κ3) is 5.12. The molecule has 1 amide bonds. The number of hydrogen-bond donors (Lipinski definition) is 1. The normalized spacial score (nSPS) is 19.5. The summed E-state index contributed by atoms with van der Waals surface area (Å²) in [6.07, 6.45) is 1.13. The third-order valence-electron chi connectivity index (χ3n) is 6.78. The van der Waals surface area contributed by atoms with E-state index in [9.17, 15) is 9.18 Å². The largest absolute Gasteiger partial charge is 0.422 e. The molecule has 4 rings (SSSR count). The van der Waals surface area contributed by atoms with E-state index in [0.29, 0.717) is 35.9 Å². The molecule has 0 unspecified atom stereocenters. The molecular formula is C24H31FN4O4Si. The molecule has 8 nitrogen and oxygen atoms in total. The average molecular weight is 487 g/mol. The Hall–Kier alpha value is -2.85. The molecular weight excluding hydrogens is 455 g/mol. The Kier molecular flexibility index (Phi) is 6.47. The van der Waals surface area contributed by atoms with E-state index in [1.807, 2.05) is 6.92 Å². The number of hydrogen-bond acceptors (Lipinski definition) is 7. The Bertz CT molecular complexity index is 1150. The van der Waals surface area contributed by atoms with E-state index < -0.39 is 8.32 Å². The minimum Gasteiger partial charge on any atom is -0.422 e. The molecule has 1 aliphatic rings. The zero-order valence-corrected chi connectivity index (χ0v) is 21.4. The van der Waals surface area contributed by atoms with Gasteiger partial charge in [-0.15, -0.1) is 10.2 Å². The van der Waals surface area contributed by atoms with Crippen LogP contribution in [0.2, 0.25) is 18.1 Å². The molecule has 182 valence electrons. The van der Waals surface area contributed by atoms with Crippen LogP contribution in [0.3, 0.4) is 0 Å². The quantitative estimate of drug-likeness (QED) is 0.432. The van der Waals surface area contributed by atoms with Crippen LogP contribution in [0, 0.1) is 5.82 Å². The van der Waals surface area contributed by atoms with E-state index in [1.165, 1.54) is 12.1 Å². The van der Waals surface area contributed by atoms with Gasteiger partial charge in [0.1, 0.15) is 17.6 Å². The van der Waals surface area contributed by atoms with Gasteiger partial charge in [0.2, 0.25) is 17.5 Å². The lowest BCUT2D eigenvalue weighted by molar-refractivity contribution is 0.0864. The molecule has 1 fully saturated rings. The summed E-state index contributed by atoms with van der Waals surface area (Å²) in [6, 6.07) is 7.37. The summed E-state index contributed by atoms with van der Waals surface area (Å²) in [7, 11) is -1.95. The molecule has 1 N–H and O–H groups in total. The van der Waals surface area contributed by atoms with Crippen molar-refractivity contribution in [2.45, 2.75) is 76.7 Å². The van der Waals surface area contributed by atoms with Gasteiger partial charge >= 0.3 is 0 Å². The third-order valence-corrected chi connectivity index (χ3v) is 11.3. The molecule has 2 aromatic heterocycles. The molecule has 3 aromatic rings. The molecule has 1 aliphatic carbocycles. The lowest BCUT2D eigenvalue weighted by Gasteiger charge is -2.37. The van der Waals surface area contributed by atoms with Crippen molar-refractivity contribution in [2.75, 3.05) is 0 Å². The number of carbonyl (C=O) groups excluding carboxylic acids is 1. The summed E-state index contributed by atoms with van der Waals surface area (Å²) in [4.78, 5) is 12.5. The summed E-state index contributed by atoms with van der Waals surface area (Å²) in [6.45, 7) is 12.9. The van der Waals surface area contributed by atoms with Crippen LogP contribution in [0.25, 0.3) is 11.3 Å². The molecule has 0 aliphatic heterocycles. The second-order valence-electron chi connectivity index (χ2n) is 10.4. The summed E-state index contributed by atoms with van der Waals surface area (Å²) in [5.74, 6) is 0.588. The van der Waals surface area contributed by atoms with E-state index in [2.05, 4.69) is 54.5 Å². The lowest BCUT2D eigenvalue weighted by Crippen LogP contribution is -2.43. The highest BCUT2D eigenvalue weighted by atomic mass is 28.4. The number of benzene rings is 1. The Morgan fingerprint density at radius 2 is 1.88 bits per heavy atom. The molecule has 0 radical (unpaired) electrons. The fraction of sp³-hybridized carbons (Fsp3) is 0.500. The predicted octanol–water partition coefficient (Wildman–Crippen LogP) is 5.62. The highest BCUT2D eigenvalue weighted by molar-refractivity contribution is 6.74. The van der Waals surface area contributed by atoms with Crippen molar-refractivity contribution in [1.82, 2.24) is 20.7 Å². The summed E-state index contributed by atoms with van der Waals surface area (Å²) in [5, 5.41) is 15.4. The Morgan fingerprint density at radius 1 is 1.21 bits per heavy atom. The second kappa shape index (κ2) is 9.07. The number of amides is 1. The standard InChI is InChI=1S/C24H31FN4O4Si/c1-14(33-34(5,6)24(2,3)4)22-27-28-23(31-22)16-11-18(12-16)26-21(30)20-13-19(29-32-20)15-7-9-17(25)10-8-15/h7-10,13-14,16,18H,11-12H2,1-6H3,(H,26,30)/t14-,16-,18-/m1/s1. The van der Waals surface area contributed by atoms with Gasteiger partial charge in [0.05, 0.1) is 0 Å². The molecule has 0 spiro atoms. The molecule has 2 heterocycles. The molecule has 0 bridgehead atoms. The number of aromatic nitrogens is 3. The van der Waals surface area contributed by atoms with Gasteiger partial charge in [-0.25, -0.2) is 4.39 Å². The zero-order chi connectivity index (χ0) is 24.7. The van der Waals surface area contributed by atoms with Crippen LogP contribution in [0.15, 0.2) is 39.3 Å². The average Bonchev–Trinajstić information content (AvgIpc) is 3.40. The first-order valence-electron chi connectivity index (χ1n) is 11.5. The van der Waals surface area contributed by atoms with Gasteiger partial charge in [-0.1, -0.05) is 25.9 Å². The highest BCUT2D eigenvalue weighted by Gasteiger charge is 2.40. The zero-order valence-electron chi connectivity index (χ0n) is 20.4. The van der Waals surface area contributed by atoms with E-state index in [1.54, 1.807) is 18.2 Å². The van der Waals surface area contributed by atoms with Gasteiger partial charge in [0.15, 0.2) is 8.32 Å². The number of nitrogens with zero attached hydrogens (tertiary/aromatic N) is 3. The van der Waals surface area contributed by atoms with Gasteiger partial charge in [-0.2, -0.15) is 0 Å². The maximum Gasteiger partial charge on any atom is 0.290 e. The van der Waals surface area contributed by atoms with Crippen molar-refractivity contribution in [3.05, 3.63) is 53.7 Å². The number of rotatable bonds is 7. The maximum atomic E-state index is 13.1. The van der Waals surface area contributed by atoms with Crippen LogP contribution in [-0.4, -0.2) is 35.6 Å². The topological polar surface area (TPSA) is 103 Å². The Balaban J connectivity index is 1.29. The fourth-order valence-electron chi connectivity index (χ4n) is 3.58. The van der Waals surface area contributed by atoms with Crippen molar-refractivity contribution in [2.24, 2.45) is 0 Å². The van der Waals surface area contributed by atoms with Gasteiger partial charge in [-0.3, -0.25) is 4.79 Å². The molecule has 10 heteroatoms. The highest BCUT2D eigenvalue weighted by Crippen LogP contribution is 2.40.